The van der Waals surface area contributed by atoms with Gasteiger partial charge in [0.1, 0.15) is 6.61 Å². The molecule has 0 aromatic carbocycles. The first-order valence-electron chi connectivity index (χ1n) is 25.8. The quantitative estimate of drug-likeness (QED) is 0.0375. The molecule has 0 saturated carbocycles. The van der Waals surface area contributed by atoms with Crippen molar-refractivity contribution in [3.05, 3.63) is 97.2 Å². The molecule has 0 spiro atoms. The summed E-state index contributed by atoms with van der Waals surface area (Å²) in [6.07, 6.45) is 73.8. The lowest BCUT2D eigenvalue weighted by atomic mass is 10.0. The Labute approximate surface area is 383 Å². The van der Waals surface area contributed by atoms with Crippen molar-refractivity contribution in [3.8, 4) is 0 Å². The van der Waals surface area contributed by atoms with Crippen LogP contribution in [-0.4, -0.2) is 36.4 Å². The first kappa shape index (κ1) is 58.8. The highest BCUT2D eigenvalue weighted by Crippen LogP contribution is 2.16. The van der Waals surface area contributed by atoms with Crippen molar-refractivity contribution >= 4 is 11.9 Å². The number of carbonyl (C=O) groups excluding carboxylic acids is 2. The molecule has 0 fully saturated rings. The van der Waals surface area contributed by atoms with E-state index in [9.17, 15) is 14.7 Å². The lowest BCUT2D eigenvalue weighted by Gasteiger charge is -2.15. The highest BCUT2D eigenvalue weighted by Gasteiger charge is 2.16. The van der Waals surface area contributed by atoms with E-state index in [0.717, 1.165) is 96.3 Å². The van der Waals surface area contributed by atoms with Crippen LogP contribution in [0.2, 0.25) is 0 Å². The van der Waals surface area contributed by atoms with E-state index in [1.54, 1.807) is 0 Å². The van der Waals surface area contributed by atoms with Crippen molar-refractivity contribution in [1.82, 2.24) is 0 Å². The molecule has 0 aliphatic rings. The first-order chi connectivity index (χ1) is 30.6. The summed E-state index contributed by atoms with van der Waals surface area (Å²) in [4.78, 5) is 24.4. The van der Waals surface area contributed by atoms with Crippen molar-refractivity contribution in [2.24, 2.45) is 0 Å². The van der Waals surface area contributed by atoms with Crippen LogP contribution in [-0.2, 0) is 19.1 Å². The second-order valence-electron chi connectivity index (χ2n) is 16.8. The molecule has 0 bridgehead atoms. The summed E-state index contributed by atoms with van der Waals surface area (Å²) in [5, 5.41) is 9.60. The van der Waals surface area contributed by atoms with Crippen molar-refractivity contribution in [3.63, 3.8) is 0 Å². The number of rotatable bonds is 46. The third-order valence-corrected chi connectivity index (χ3v) is 10.9. The molecule has 0 aliphatic carbocycles. The van der Waals surface area contributed by atoms with Gasteiger partial charge in [-0.1, -0.05) is 227 Å². The van der Waals surface area contributed by atoms with Crippen LogP contribution in [0.3, 0.4) is 0 Å². The zero-order valence-corrected chi connectivity index (χ0v) is 40.4. The van der Waals surface area contributed by atoms with Crippen LogP contribution >= 0.6 is 0 Å². The topological polar surface area (TPSA) is 72.8 Å². The summed E-state index contributed by atoms with van der Waals surface area (Å²) in [7, 11) is 0. The number of carbonyl (C=O) groups is 2. The smallest absolute Gasteiger partial charge is 0.306 e. The summed E-state index contributed by atoms with van der Waals surface area (Å²) in [5.41, 5.74) is 0. The first-order valence-corrected chi connectivity index (χ1v) is 25.8. The molecule has 0 radical (unpaired) electrons. The Kier molecular flexibility index (Phi) is 49.5. The average Bonchev–Trinajstić information content (AvgIpc) is 3.28. The van der Waals surface area contributed by atoms with E-state index < -0.39 is 6.10 Å². The van der Waals surface area contributed by atoms with E-state index in [4.69, 9.17) is 9.47 Å². The van der Waals surface area contributed by atoms with Crippen LogP contribution < -0.4 is 0 Å². The fourth-order valence-electron chi connectivity index (χ4n) is 7.07. The average molecular weight is 861 g/mol. The lowest BCUT2D eigenvalue weighted by Crippen LogP contribution is -2.28. The summed E-state index contributed by atoms with van der Waals surface area (Å²) in [6.45, 7) is 3.89. The number of aliphatic hydroxyl groups excluding tert-OH is 1. The Morgan fingerprint density at radius 3 is 0.984 bits per heavy atom. The zero-order chi connectivity index (χ0) is 44.9. The second-order valence-corrected chi connectivity index (χ2v) is 16.8. The molecule has 5 nitrogen and oxygen atoms in total. The highest BCUT2D eigenvalue weighted by molar-refractivity contribution is 5.70. The minimum absolute atomic E-state index is 0.0831. The Hall–Kier alpha value is -3.18. The third-order valence-electron chi connectivity index (χ3n) is 10.9. The molecule has 62 heavy (non-hydrogen) atoms. The van der Waals surface area contributed by atoms with E-state index >= 15 is 0 Å². The van der Waals surface area contributed by atoms with Gasteiger partial charge in [-0.2, -0.15) is 0 Å². The van der Waals surface area contributed by atoms with Gasteiger partial charge >= 0.3 is 11.9 Å². The molecule has 1 N–H and O–H groups in total. The normalized spacial score (nSPS) is 13.0. The number of hydrogen-bond acceptors (Lipinski definition) is 5. The molecule has 1 atom stereocenters. The maximum Gasteiger partial charge on any atom is 0.306 e. The van der Waals surface area contributed by atoms with Crippen LogP contribution in [0.15, 0.2) is 97.2 Å². The maximum absolute atomic E-state index is 12.3. The highest BCUT2D eigenvalue weighted by atomic mass is 16.6. The van der Waals surface area contributed by atoms with Gasteiger partial charge in [0.2, 0.25) is 0 Å². The maximum atomic E-state index is 12.3. The van der Waals surface area contributed by atoms with Gasteiger partial charge in [0.15, 0.2) is 6.10 Å². The largest absolute Gasteiger partial charge is 0.462 e. The van der Waals surface area contributed by atoms with Crippen LogP contribution in [0.1, 0.15) is 232 Å². The third kappa shape index (κ3) is 49.5. The monoisotopic (exact) mass is 861 g/mol. The number of esters is 2. The minimum Gasteiger partial charge on any atom is -0.462 e. The zero-order valence-electron chi connectivity index (χ0n) is 40.4. The Bertz CT molecular complexity index is 1200. The van der Waals surface area contributed by atoms with E-state index in [1.165, 1.54) is 109 Å². The molecule has 0 amide bonds. The molecule has 354 valence electrons. The van der Waals surface area contributed by atoms with Gasteiger partial charge in [0.05, 0.1) is 6.61 Å². The number of ether oxygens (including phenoxy) is 2. The Balaban J connectivity index is 3.47. The van der Waals surface area contributed by atoms with Crippen LogP contribution in [0.5, 0.6) is 0 Å². The number of unbranched alkanes of at least 4 members (excludes halogenated alkanes) is 22. The molecular formula is C57H96O5. The standard InChI is InChI=1S/C57H96O5/c1-3-5-7-9-11-13-15-17-18-19-20-21-22-23-24-25-26-27-28-29-30-31-32-33-34-35-36-37-38-40-42-44-46-48-50-52-57(60)62-55(53-58)54-61-56(59)51-49-47-45-43-41-39-16-14-12-10-8-6-4-2/h5-8,11-14,17-18,20-21,23-24,39,41,55,58H,3-4,9-10,15-16,19,22,25-38,40,42-54H2,1-2H3/b7-5-,8-6-,13-11-,14-12-,18-17-,21-20-,24-23-,41-39-. The predicted octanol–water partition coefficient (Wildman–Crippen LogP) is 17.2. The van der Waals surface area contributed by atoms with Crippen LogP contribution in [0.25, 0.3) is 0 Å². The molecule has 0 saturated heterocycles. The van der Waals surface area contributed by atoms with Gasteiger partial charge < -0.3 is 14.6 Å². The molecule has 5 heteroatoms. The van der Waals surface area contributed by atoms with E-state index in [-0.39, 0.29) is 25.2 Å². The minimum atomic E-state index is -0.787. The molecule has 0 aromatic heterocycles. The number of allylic oxidation sites excluding steroid dienone is 16. The van der Waals surface area contributed by atoms with Gasteiger partial charge in [0, 0.05) is 12.8 Å². The SMILES string of the molecule is CC/C=C\C/C=C\C/C=C\C/C=C\C/C=C\CCCCCCCCCCCCCCCCCCCCCC(=O)OC(CO)COC(=O)CCCCC/C=C\C/C=C\C/C=C\CC. The summed E-state index contributed by atoms with van der Waals surface area (Å²) in [6, 6.07) is 0. The second kappa shape index (κ2) is 52.2. The van der Waals surface area contributed by atoms with Gasteiger partial charge in [-0.3, -0.25) is 9.59 Å². The van der Waals surface area contributed by atoms with Gasteiger partial charge in [-0.25, -0.2) is 0 Å². The van der Waals surface area contributed by atoms with Crippen molar-refractivity contribution in [2.75, 3.05) is 13.2 Å². The van der Waals surface area contributed by atoms with E-state index in [0.29, 0.717) is 12.8 Å². The molecule has 0 rings (SSSR count). The summed E-state index contributed by atoms with van der Waals surface area (Å²) >= 11 is 0. The predicted molar refractivity (Wildman–Crippen MR) is 269 cm³/mol. The van der Waals surface area contributed by atoms with Crippen LogP contribution in [0.4, 0.5) is 0 Å². The van der Waals surface area contributed by atoms with E-state index in [1.807, 2.05) is 0 Å². The van der Waals surface area contributed by atoms with E-state index in [2.05, 4.69) is 111 Å². The summed E-state index contributed by atoms with van der Waals surface area (Å²) in [5.74, 6) is -0.624. The molecule has 0 aliphatic heterocycles. The number of aliphatic hydroxyl groups is 1. The van der Waals surface area contributed by atoms with Crippen molar-refractivity contribution in [1.29, 1.82) is 0 Å². The van der Waals surface area contributed by atoms with Crippen LogP contribution in [0, 0.1) is 0 Å². The molecule has 0 aromatic rings. The Morgan fingerprint density at radius 1 is 0.371 bits per heavy atom. The van der Waals surface area contributed by atoms with Gasteiger partial charge in [0.25, 0.3) is 0 Å². The molecule has 0 heterocycles. The van der Waals surface area contributed by atoms with Crippen molar-refractivity contribution in [2.45, 2.75) is 238 Å². The fraction of sp³-hybridized carbons (Fsp3) is 0.684. The Morgan fingerprint density at radius 2 is 0.645 bits per heavy atom. The number of hydrogen-bond donors (Lipinski definition) is 1. The molecule has 1 unspecified atom stereocenters. The fourth-order valence-corrected chi connectivity index (χ4v) is 7.07. The van der Waals surface area contributed by atoms with Gasteiger partial charge in [-0.15, -0.1) is 0 Å². The van der Waals surface area contributed by atoms with Gasteiger partial charge in [-0.05, 0) is 89.9 Å². The van der Waals surface area contributed by atoms with Crippen molar-refractivity contribution < 1.29 is 24.2 Å². The molecular weight excluding hydrogens is 765 g/mol. The summed E-state index contributed by atoms with van der Waals surface area (Å²) < 4.78 is 10.6. The lowest BCUT2D eigenvalue weighted by molar-refractivity contribution is -0.161.